The summed E-state index contributed by atoms with van der Waals surface area (Å²) >= 11 is 5.96. The fraction of sp³-hybridized carbons (Fsp3) is 0.350. The van der Waals surface area contributed by atoms with Crippen molar-refractivity contribution >= 4 is 33.2 Å². The van der Waals surface area contributed by atoms with Crippen LogP contribution in [0.3, 0.4) is 0 Å². The maximum absolute atomic E-state index is 13.1. The van der Waals surface area contributed by atoms with Crippen LogP contribution in [0.5, 0.6) is 0 Å². The van der Waals surface area contributed by atoms with Crippen molar-refractivity contribution in [2.24, 2.45) is 0 Å². The Morgan fingerprint density at radius 2 is 1.89 bits per heavy atom. The van der Waals surface area contributed by atoms with Gasteiger partial charge in [-0.15, -0.1) is 0 Å². The molecule has 0 spiro atoms. The van der Waals surface area contributed by atoms with E-state index in [0.29, 0.717) is 54.6 Å². The number of morpholine rings is 1. The summed E-state index contributed by atoms with van der Waals surface area (Å²) in [5.74, 6) is -0.369. The summed E-state index contributed by atoms with van der Waals surface area (Å²) in [6.45, 7) is 5.10. The molecule has 0 unspecified atom stereocenters. The number of anilines is 1. The summed E-state index contributed by atoms with van der Waals surface area (Å²) in [6, 6.07) is 9.99. The molecular formula is C20H23ClN2O4S. The normalized spacial score (nSPS) is 15.4. The Bertz CT molecular complexity index is 986. The first kappa shape index (κ1) is 20.8. The lowest BCUT2D eigenvalue weighted by molar-refractivity contribution is 0.0730. The fourth-order valence-electron chi connectivity index (χ4n) is 3.12. The number of benzene rings is 2. The fourth-order valence-corrected chi connectivity index (χ4v) is 5.07. The van der Waals surface area contributed by atoms with Crippen molar-refractivity contribution in [1.29, 1.82) is 0 Å². The molecule has 1 aliphatic rings. The number of nitrogens with zero attached hydrogens (tertiary/aromatic N) is 1. The number of carbonyl (C=O) groups excluding carboxylic acids is 1. The number of hydrogen-bond acceptors (Lipinski definition) is 4. The summed E-state index contributed by atoms with van der Waals surface area (Å²) < 4.78 is 32.9. The van der Waals surface area contributed by atoms with Gasteiger partial charge in [0.25, 0.3) is 5.91 Å². The monoisotopic (exact) mass is 422 g/mol. The molecule has 2 aromatic carbocycles. The second kappa shape index (κ2) is 8.61. The van der Waals surface area contributed by atoms with E-state index in [4.69, 9.17) is 16.3 Å². The van der Waals surface area contributed by atoms with Crippen molar-refractivity contribution in [3.05, 3.63) is 58.1 Å². The molecule has 1 aliphatic heterocycles. The van der Waals surface area contributed by atoms with Gasteiger partial charge in [-0.3, -0.25) is 4.79 Å². The molecule has 1 N–H and O–H groups in total. The van der Waals surface area contributed by atoms with Crippen LogP contribution in [0.2, 0.25) is 5.02 Å². The van der Waals surface area contributed by atoms with Crippen LogP contribution in [-0.2, 0) is 21.2 Å². The number of carbonyl (C=O) groups is 1. The van der Waals surface area contributed by atoms with Crippen molar-refractivity contribution in [2.75, 3.05) is 31.6 Å². The number of rotatable bonds is 5. The van der Waals surface area contributed by atoms with Gasteiger partial charge in [-0.25, -0.2) is 8.42 Å². The lowest BCUT2D eigenvalue weighted by atomic mass is 10.1. The summed E-state index contributed by atoms with van der Waals surface area (Å²) in [7, 11) is -3.69. The third kappa shape index (κ3) is 4.38. The highest BCUT2D eigenvalue weighted by Gasteiger charge is 2.29. The topological polar surface area (TPSA) is 75.7 Å². The smallest absolute Gasteiger partial charge is 0.255 e. The van der Waals surface area contributed by atoms with Gasteiger partial charge in [-0.05, 0) is 54.8 Å². The molecule has 1 saturated heterocycles. The highest BCUT2D eigenvalue weighted by atomic mass is 35.5. The maximum atomic E-state index is 13.1. The standard InChI is InChI=1S/C20H23ClN2O4S/c1-3-15-4-5-16(20(24)22-18-7-6-17(21)12-14(18)2)13-19(15)28(25,26)23-8-10-27-11-9-23/h4-7,12-13H,3,8-11H2,1-2H3,(H,22,24). The predicted octanol–water partition coefficient (Wildman–Crippen LogP) is 3.48. The highest BCUT2D eigenvalue weighted by Crippen LogP contribution is 2.25. The molecule has 0 saturated carbocycles. The van der Waals surface area contributed by atoms with E-state index < -0.39 is 10.0 Å². The second-order valence-electron chi connectivity index (χ2n) is 6.61. The van der Waals surface area contributed by atoms with Gasteiger partial charge in [0.2, 0.25) is 10.0 Å². The summed E-state index contributed by atoms with van der Waals surface area (Å²) in [5.41, 5.74) is 2.43. The molecule has 1 amide bonds. The van der Waals surface area contributed by atoms with E-state index in [1.807, 2.05) is 13.8 Å². The van der Waals surface area contributed by atoms with Gasteiger partial charge in [-0.1, -0.05) is 24.6 Å². The molecular weight excluding hydrogens is 400 g/mol. The molecule has 1 heterocycles. The number of amides is 1. The van der Waals surface area contributed by atoms with Gasteiger partial charge in [0.05, 0.1) is 18.1 Å². The van der Waals surface area contributed by atoms with E-state index in [0.717, 1.165) is 5.56 Å². The van der Waals surface area contributed by atoms with Gasteiger partial charge in [0.15, 0.2) is 0 Å². The Morgan fingerprint density at radius 1 is 1.18 bits per heavy atom. The number of sulfonamides is 1. The van der Waals surface area contributed by atoms with E-state index in [1.165, 1.54) is 10.4 Å². The molecule has 0 atom stereocenters. The molecule has 0 aliphatic carbocycles. The third-order valence-electron chi connectivity index (χ3n) is 4.73. The largest absolute Gasteiger partial charge is 0.379 e. The van der Waals surface area contributed by atoms with E-state index in [2.05, 4.69) is 5.32 Å². The van der Waals surface area contributed by atoms with Crippen LogP contribution < -0.4 is 5.32 Å². The van der Waals surface area contributed by atoms with Crippen LogP contribution in [0.1, 0.15) is 28.4 Å². The van der Waals surface area contributed by atoms with Crippen molar-refractivity contribution in [3.63, 3.8) is 0 Å². The third-order valence-corrected chi connectivity index (χ3v) is 6.95. The molecule has 0 aromatic heterocycles. The van der Waals surface area contributed by atoms with Crippen molar-refractivity contribution < 1.29 is 17.9 Å². The van der Waals surface area contributed by atoms with Crippen LogP contribution in [0.4, 0.5) is 5.69 Å². The number of aryl methyl sites for hydroxylation is 2. The Hall–Kier alpha value is -1.93. The van der Waals surface area contributed by atoms with Gasteiger partial charge in [0.1, 0.15) is 0 Å². The molecule has 2 aromatic rings. The Morgan fingerprint density at radius 3 is 2.54 bits per heavy atom. The minimum atomic E-state index is -3.69. The second-order valence-corrected chi connectivity index (χ2v) is 8.95. The van der Waals surface area contributed by atoms with Crippen molar-refractivity contribution in [1.82, 2.24) is 4.31 Å². The molecule has 6 nitrogen and oxygen atoms in total. The van der Waals surface area contributed by atoms with Crippen molar-refractivity contribution in [2.45, 2.75) is 25.2 Å². The number of ether oxygens (including phenoxy) is 1. The number of nitrogens with one attached hydrogen (secondary N) is 1. The zero-order valence-electron chi connectivity index (χ0n) is 15.9. The molecule has 3 rings (SSSR count). The van der Waals surface area contributed by atoms with E-state index in [1.54, 1.807) is 30.3 Å². The maximum Gasteiger partial charge on any atom is 0.255 e. The molecule has 0 bridgehead atoms. The first-order valence-electron chi connectivity index (χ1n) is 9.11. The van der Waals surface area contributed by atoms with Crippen LogP contribution in [0.15, 0.2) is 41.3 Å². The molecule has 0 radical (unpaired) electrons. The molecule has 150 valence electrons. The first-order valence-corrected chi connectivity index (χ1v) is 10.9. The quantitative estimate of drug-likeness (QED) is 0.800. The van der Waals surface area contributed by atoms with Crippen LogP contribution in [0, 0.1) is 6.92 Å². The van der Waals surface area contributed by atoms with E-state index in [-0.39, 0.29) is 10.8 Å². The summed E-state index contributed by atoms with van der Waals surface area (Å²) in [4.78, 5) is 12.9. The zero-order valence-corrected chi connectivity index (χ0v) is 17.4. The molecule has 1 fully saturated rings. The minimum absolute atomic E-state index is 0.178. The van der Waals surface area contributed by atoms with Gasteiger partial charge in [0, 0.05) is 29.4 Å². The Kier molecular flexibility index (Phi) is 6.40. The van der Waals surface area contributed by atoms with Gasteiger partial charge in [-0.2, -0.15) is 4.31 Å². The molecule has 8 heteroatoms. The van der Waals surface area contributed by atoms with Crippen LogP contribution in [-0.4, -0.2) is 44.9 Å². The van der Waals surface area contributed by atoms with Crippen molar-refractivity contribution in [3.8, 4) is 0 Å². The average Bonchev–Trinajstić information content (AvgIpc) is 2.70. The Labute approximate surface area is 170 Å². The van der Waals surface area contributed by atoms with E-state index >= 15 is 0 Å². The van der Waals surface area contributed by atoms with Gasteiger partial charge < -0.3 is 10.1 Å². The average molecular weight is 423 g/mol. The first-order chi connectivity index (χ1) is 13.3. The summed E-state index contributed by atoms with van der Waals surface area (Å²) in [5, 5.41) is 3.41. The molecule has 28 heavy (non-hydrogen) atoms. The minimum Gasteiger partial charge on any atom is -0.379 e. The lowest BCUT2D eigenvalue weighted by Crippen LogP contribution is -2.41. The predicted molar refractivity (Wildman–Crippen MR) is 110 cm³/mol. The van der Waals surface area contributed by atoms with Gasteiger partial charge >= 0.3 is 0 Å². The van der Waals surface area contributed by atoms with Crippen LogP contribution in [0.25, 0.3) is 0 Å². The SMILES string of the molecule is CCc1ccc(C(=O)Nc2ccc(Cl)cc2C)cc1S(=O)(=O)N1CCOCC1. The lowest BCUT2D eigenvalue weighted by Gasteiger charge is -2.27. The number of halogens is 1. The zero-order chi connectivity index (χ0) is 20.3. The van der Waals surface area contributed by atoms with Crippen LogP contribution >= 0.6 is 11.6 Å². The Balaban J connectivity index is 1.92. The van der Waals surface area contributed by atoms with E-state index in [9.17, 15) is 13.2 Å². The summed E-state index contributed by atoms with van der Waals surface area (Å²) in [6.07, 6.45) is 0.553. The number of hydrogen-bond donors (Lipinski definition) is 1. The highest BCUT2D eigenvalue weighted by molar-refractivity contribution is 7.89.